The first-order chi connectivity index (χ1) is 9.86. The molecule has 2 heterocycles. The van der Waals surface area contributed by atoms with Gasteiger partial charge in [0.1, 0.15) is 17.6 Å². The van der Waals surface area contributed by atoms with Gasteiger partial charge in [-0.1, -0.05) is 0 Å². The fourth-order valence-electron chi connectivity index (χ4n) is 1.93. The second kappa shape index (κ2) is 5.28. The first kappa shape index (κ1) is 14.6. The Morgan fingerprint density at radius 1 is 1.29 bits per heavy atom. The second-order valence-corrected chi connectivity index (χ2v) is 4.64. The first-order valence-corrected chi connectivity index (χ1v) is 6.23. The monoisotopic (exact) mass is 289 g/mol. The van der Waals surface area contributed by atoms with E-state index in [1.165, 1.54) is 18.7 Å². The minimum atomic E-state index is -0.636. The van der Waals surface area contributed by atoms with Crippen LogP contribution in [-0.4, -0.2) is 14.1 Å². The van der Waals surface area contributed by atoms with Gasteiger partial charge in [0.15, 0.2) is 5.56 Å². The van der Waals surface area contributed by atoms with Crippen molar-refractivity contribution >= 4 is 5.82 Å². The van der Waals surface area contributed by atoms with Crippen LogP contribution in [0.25, 0.3) is 0 Å². The molecule has 0 fully saturated rings. The zero-order chi connectivity index (χ0) is 15.7. The number of oxazole rings is 1. The van der Waals surface area contributed by atoms with Crippen LogP contribution >= 0.6 is 0 Å². The summed E-state index contributed by atoms with van der Waals surface area (Å²) in [6, 6.07) is 1.82. The summed E-state index contributed by atoms with van der Waals surface area (Å²) in [5, 5.41) is 12.0. The molecule has 8 nitrogen and oxygen atoms in total. The number of nitrogens with one attached hydrogen (secondary N) is 1. The molecule has 0 aliphatic rings. The summed E-state index contributed by atoms with van der Waals surface area (Å²) < 4.78 is 7.51. The van der Waals surface area contributed by atoms with Crippen molar-refractivity contribution in [1.82, 2.24) is 14.1 Å². The van der Waals surface area contributed by atoms with Gasteiger partial charge in [-0.05, 0) is 13.8 Å². The first-order valence-electron chi connectivity index (χ1n) is 6.23. The quantitative estimate of drug-likeness (QED) is 0.863. The van der Waals surface area contributed by atoms with Crippen LogP contribution in [0.4, 0.5) is 5.82 Å². The second-order valence-electron chi connectivity index (χ2n) is 4.64. The van der Waals surface area contributed by atoms with Crippen LogP contribution in [-0.2, 0) is 20.6 Å². The van der Waals surface area contributed by atoms with E-state index in [4.69, 9.17) is 9.68 Å². The summed E-state index contributed by atoms with van der Waals surface area (Å²) in [7, 11) is 2.81. The van der Waals surface area contributed by atoms with Crippen molar-refractivity contribution in [3.05, 3.63) is 43.7 Å². The standard InChI is InChI=1S/C13H15N5O3/c1-7-8(2)21-10(16-7)6-15-11-9(5-14)12(19)18(4)13(20)17(11)3/h15H,6H2,1-4H3. The van der Waals surface area contributed by atoms with Gasteiger partial charge in [0.05, 0.1) is 12.2 Å². The highest BCUT2D eigenvalue weighted by Crippen LogP contribution is 2.12. The predicted molar refractivity (Wildman–Crippen MR) is 74.9 cm³/mol. The van der Waals surface area contributed by atoms with Crippen molar-refractivity contribution < 1.29 is 4.42 Å². The van der Waals surface area contributed by atoms with Crippen molar-refractivity contribution in [2.75, 3.05) is 5.32 Å². The normalized spacial score (nSPS) is 10.4. The molecule has 1 N–H and O–H groups in total. The third kappa shape index (κ3) is 2.45. The van der Waals surface area contributed by atoms with Crippen molar-refractivity contribution in [1.29, 1.82) is 5.26 Å². The Kier molecular flexibility index (Phi) is 3.67. The maximum absolute atomic E-state index is 11.9. The molecule has 110 valence electrons. The number of anilines is 1. The lowest BCUT2D eigenvalue weighted by atomic mass is 10.3. The van der Waals surface area contributed by atoms with E-state index in [0.717, 1.165) is 10.3 Å². The summed E-state index contributed by atoms with van der Waals surface area (Å²) >= 11 is 0. The Labute approximate surface area is 120 Å². The zero-order valence-corrected chi connectivity index (χ0v) is 12.2. The molecule has 0 saturated heterocycles. The maximum atomic E-state index is 11.9. The third-order valence-corrected chi connectivity index (χ3v) is 3.26. The average Bonchev–Trinajstić information content (AvgIpc) is 2.78. The zero-order valence-electron chi connectivity index (χ0n) is 12.2. The van der Waals surface area contributed by atoms with Crippen LogP contribution < -0.4 is 16.6 Å². The maximum Gasteiger partial charge on any atom is 0.332 e. The van der Waals surface area contributed by atoms with Gasteiger partial charge in [0.2, 0.25) is 5.89 Å². The molecule has 2 aromatic rings. The van der Waals surface area contributed by atoms with Gasteiger partial charge >= 0.3 is 5.69 Å². The lowest BCUT2D eigenvalue weighted by Gasteiger charge is -2.12. The van der Waals surface area contributed by atoms with Crippen molar-refractivity contribution in [3.63, 3.8) is 0 Å². The molecule has 0 spiro atoms. The van der Waals surface area contributed by atoms with Gasteiger partial charge in [0.25, 0.3) is 5.56 Å². The minimum absolute atomic E-state index is 0.125. The molecule has 0 atom stereocenters. The summed E-state index contributed by atoms with van der Waals surface area (Å²) in [5.74, 6) is 1.27. The number of nitrogens with zero attached hydrogens (tertiary/aromatic N) is 4. The van der Waals surface area contributed by atoms with E-state index in [1.54, 1.807) is 6.92 Å². The Balaban J connectivity index is 2.43. The molecule has 21 heavy (non-hydrogen) atoms. The molecule has 0 bridgehead atoms. The van der Waals surface area contributed by atoms with Gasteiger partial charge in [-0.25, -0.2) is 9.78 Å². The largest absolute Gasteiger partial charge is 0.444 e. The van der Waals surface area contributed by atoms with Crippen LogP contribution in [0.15, 0.2) is 14.0 Å². The Bertz CT molecular complexity index is 831. The van der Waals surface area contributed by atoms with Crippen LogP contribution in [0.1, 0.15) is 22.9 Å². The lowest BCUT2D eigenvalue weighted by Crippen LogP contribution is -2.39. The van der Waals surface area contributed by atoms with E-state index in [-0.39, 0.29) is 17.9 Å². The molecular formula is C13H15N5O3. The fourth-order valence-corrected chi connectivity index (χ4v) is 1.93. The van der Waals surface area contributed by atoms with Crippen LogP contribution in [0.3, 0.4) is 0 Å². The Hall–Kier alpha value is -2.82. The predicted octanol–water partition coefficient (Wildman–Crippen LogP) is 0.173. The van der Waals surface area contributed by atoms with Crippen molar-refractivity contribution in [3.8, 4) is 6.07 Å². The summed E-state index contributed by atoms with van der Waals surface area (Å²) in [6.45, 7) is 3.78. The highest BCUT2D eigenvalue weighted by molar-refractivity contribution is 5.51. The van der Waals surface area contributed by atoms with Gasteiger partial charge in [-0.2, -0.15) is 5.26 Å². The molecule has 0 aromatic carbocycles. The van der Waals surface area contributed by atoms with Gasteiger partial charge in [-0.15, -0.1) is 0 Å². The average molecular weight is 289 g/mol. The Morgan fingerprint density at radius 2 is 1.95 bits per heavy atom. The van der Waals surface area contributed by atoms with Crippen LogP contribution in [0.2, 0.25) is 0 Å². The van der Waals surface area contributed by atoms with Crippen molar-refractivity contribution in [2.24, 2.45) is 14.1 Å². The molecular weight excluding hydrogens is 274 g/mol. The number of aryl methyl sites for hydroxylation is 2. The highest BCUT2D eigenvalue weighted by Gasteiger charge is 2.16. The summed E-state index contributed by atoms with van der Waals surface area (Å²) in [5.41, 5.74) is -0.506. The molecule has 2 aromatic heterocycles. The minimum Gasteiger partial charge on any atom is -0.444 e. The highest BCUT2D eigenvalue weighted by atomic mass is 16.4. The smallest absolute Gasteiger partial charge is 0.332 e. The molecule has 8 heteroatoms. The topological polar surface area (TPSA) is 106 Å². The number of nitriles is 1. The van der Waals surface area contributed by atoms with Gasteiger partial charge in [0, 0.05) is 14.1 Å². The van der Waals surface area contributed by atoms with Crippen LogP contribution in [0.5, 0.6) is 0 Å². The third-order valence-electron chi connectivity index (χ3n) is 3.26. The molecule has 0 aliphatic carbocycles. The van der Waals surface area contributed by atoms with E-state index in [2.05, 4.69) is 10.3 Å². The summed E-state index contributed by atoms with van der Waals surface area (Å²) in [6.07, 6.45) is 0. The molecule has 2 rings (SSSR count). The van der Waals surface area contributed by atoms with Crippen LogP contribution in [0, 0.1) is 25.2 Å². The number of aromatic nitrogens is 3. The molecule has 0 aliphatic heterocycles. The lowest BCUT2D eigenvalue weighted by molar-refractivity contribution is 0.477. The van der Waals surface area contributed by atoms with E-state index in [1.807, 2.05) is 13.0 Å². The van der Waals surface area contributed by atoms with Gasteiger partial charge < -0.3 is 9.73 Å². The number of rotatable bonds is 3. The van der Waals surface area contributed by atoms with Crippen molar-refractivity contribution in [2.45, 2.75) is 20.4 Å². The number of hydrogen-bond donors (Lipinski definition) is 1. The fraction of sp³-hybridized carbons (Fsp3) is 0.385. The molecule has 0 amide bonds. The summed E-state index contributed by atoms with van der Waals surface area (Å²) in [4.78, 5) is 28.0. The molecule has 0 saturated carbocycles. The van der Waals surface area contributed by atoms with E-state index in [0.29, 0.717) is 11.7 Å². The Morgan fingerprint density at radius 3 is 2.48 bits per heavy atom. The molecule has 0 radical (unpaired) electrons. The van der Waals surface area contributed by atoms with E-state index in [9.17, 15) is 9.59 Å². The SMILES string of the molecule is Cc1nc(CNc2c(C#N)c(=O)n(C)c(=O)n2C)oc1C. The van der Waals surface area contributed by atoms with E-state index < -0.39 is 11.2 Å². The van der Waals surface area contributed by atoms with E-state index >= 15 is 0 Å². The molecule has 0 unspecified atom stereocenters. The number of hydrogen-bond acceptors (Lipinski definition) is 6. The van der Waals surface area contributed by atoms with Gasteiger partial charge in [-0.3, -0.25) is 13.9 Å².